The molecular weight excluding hydrogens is 532 g/mol. The second kappa shape index (κ2) is 11.3. The SMILES string of the molecule is CCC(=O)N1CCc2cc(Br)c(S(=O)(=O)N3CCC[C@H](C(=O)NCCN4CCCC[C@@H]4C)C3)cc21. The van der Waals surface area contributed by atoms with Gasteiger partial charge in [0, 0.05) is 55.3 Å². The Balaban J connectivity index is 1.42. The maximum Gasteiger partial charge on any atom is 0.244 e. The standard InChI is InChI=1S/C25H37BrN4O4S/c1-3-24(31)30-13-9-19-15-21(26)23(16-22(19)30)35(33,34)29-12-6-8-20(17-29)25(32)27-10-14-28-11-5-4-7-18(28)2/h15-16,18,20H,3-14,17H2,1-2H3,(H,27,32)/t18-,20-/m0/s1. The van der Waals surface area contributed by atoms with E-state index in [9.17, 15) is 18.0 Å². The smallest absolute Gasteiger partial charge is 0.244 e. The average molecular weight is 570 g/mol. The first-order valence-electron chi connectivity index (χ1n) is 12.9. The molecule has 194 valence electrons. The van der Waals surface area contributed by atoms with Crippen molar-refractivity contribution >= 4 is 43.5 Å². The van der Waals surface area contributed by atoms with Crippen LogP contribution >= 0.6 is 15.9 Å². The Morgan fingerprint density at radius 2 is 1.91 bits per heavy atom. The summed E-state index contributed by atoms with van der Waals surface area (Å²) in [6.07, 6.45) is 6.08. The van der Waals surface area contributed by atoms with Gasteiger partial charge in [0.1, 0.15) is 0 Å². The maximum absolute atomic E-state index is 13.6. The van der Waals surface area contributed by atoms with Crippen LogP contribution in [0.25, 0.3) is 0 Å². The number of carbonyl (C=O) groups is 2. The van der Waals surface area contributed by atoms with Crippen LogP contribution in [0.5, 0.6) is 0 Å². The summed E-state index contributed by atoms with van der Waals surface area (Å²) in [5, 5.41) is 3.05. The molecule has 4 rings (SSSR count). The Labute approximate surface area is 217 Å². The lowest BCUT2D eigenvalue weighted by Gasteiger charge is -2.34. The Morgan fingerprint density at radius 3 is 2.66 bits per heavy atom. The molecule has 0 aromatic heterocycles. The van der Waals surface area contributed by atoms with Crippen molar-refractivity contribution in [2.75, 3.05) is 44.2 Å². The van der Waals surface area contributed by atoms with Crippen LogP contribution in [-0.2, 0) is 26.0 Å². The average Bonchev–Trinajstić information content (AvgIpc) is 3.26. The molecule has 2 atom stereocenters. The fourth-order valence-electron chi connectivity index (χ4n) is 5.51. The van der Waals surface area contributed by atoms with E-state index in [0.717, 1.165) is 18.7 Å². The van der Waals surface area contributed by atoms with Crippen LogP contribution in [0.3, 0.4) is 0 Å². The molecule has 0 radical (unpaired) electrons. The maximum atomic E-state index is 13.6. The number of nitrogens with zero attached hydrogens (tertiary/aromatic N) is 3. The summed E-state index contributed by atoms with van der Waals surface area (Å²) >= 11 is 3.45. The lowest BCUT2D eigenvalue weighted by atomic mass is 9.99. The van der Waals surface area contributed by atoms with Crippen molar-refractivity contribution in [3.05, 3.63) is 22.2 Å². The summed E-state index contributed by atoms with van der Waals surface area (Å²) in [7, 11) is -3.82. The molecule has 0 unspecified atom stereocenters. The van der Waals surface area contributed by atoms with E-state index in [-0.39, 0.29) is 29.2 Å². The third-order valence-electron chi connectivity index (χ3n) is 7.64. The number of halogens is 1. The Morgan fingerprint density at radius 1 is 1.11 bits per heavy atom. The van der Waals surface area contributed by atoms with Crippen molar-refractivity contribution in [2.45, 2.75) is 69.7 Å². The monoisotopic (exact) mass is 568 g/mol. The zero-order chi connectivity index (χ0) is 25.2. The van der Waals surface area contributed by atoms with Crippen molar-refractivity contribution in [1.29, 1.82) is 0 Å². The van der Waals surface area contributed by atoms with E-state index in [1.165, 1.54) is 23.6 Å². The van der Waals surface area contributed by atoms with Crippen molar-refractivity contribution in [3.63, 3.8) is 0 Å². The quantitative estimate of drug-likeness (QED) is 0.545. The predicted molar refractivity (Wildman–Crippen MR) is 140 cm³/mol. The number of piperidine rings is 2. The molecule has 0 aliphatic carbocycles. The fourth-order valence-corrected chi connectivity index (χ4v) is 8.10. The van der Waals surface area contributed by atoms with Crippen LogP contribution < -0.4 is 10.2 Å². The van der Waals surface area contributed by atoms with Crippen LogP contribution in [-0.4, -0.2) is 74.7 Å². The predicted octanol–water partition coefficient (Wildman–Crippen LogP) is 3.14. The molecule has 35 heavy (non-hydrogen) atoms. The first-order chi connectivity index (χ1) is 16.7. The Kier molecular flexibility index (Phi) is 8.56. The van der Waals surface area contributed by atoms with Crippen molar-refractivity contribution in [3.8, 4) is 0 Å². The summed E-state index contributed by atoms with van der Waals surface area (Å²) in [5.74, 6) is -0.436. The number of fused-ring (bicyclic) bond motifs is 1. The molecule has 3 aliphatic heterocycles. The van der Waals surface area contributed by atoms with E-state index >= 15 is 0 Å². The van der Waals surface area contributed by atoms with E-state index in [4.69, 9.17) is 0 Å². The summed E-state index contributed by atoms with van der Waals surface area (Å²) in [6, 6.07) is 3.99. The van der Waals surface area contributed by atoms with Crippen LogP contribution in [0.1, 0.15) is 57.9 Å². The zero-order valence-electron chi connectivity index (χ0n) is 20.8. The highest BCUT2D eigenvalue weighted by Crippen LogP contribution is 2.37. The van der Waals surface area contributed by atoms with Crippen molar-refractivity contribution in [1.82, 2.24) is 14.5 Å². The minimum atomic E-state index is -3.82. The third kappa shape index (κ3) is 5.76. The van der Waals surface area contributed by atoms with Gasteiger partial charge in [-0.05, 0) is 79.2 Å². The van der Waals surface area contributed by atoms with E-state index in [1.807, 2.05) is 13.0 Å². The molecule has 8 nitrogen and oxygen atoms in total. The number of likely N-dealkylation sites (tertiary alicyclic amines) is 1. The summed E-state index contributed by atoms with van der Waals surface area (Å²) in [5.41, 5.74) is 1.65. The van der Waals surface area contributed by atoms with Gasteiger partial charge in [-0.3, -0.25) is 14.5 Å². The molecule has 0 bridgehead atoms. The van der Waals surface area contributed by atoms with Gasteiger partial charge in [-0.25, -0.2) is 8.42 Å². The highest BCUT2D eigenvalue weighted by Gasteiger charge is 2.36. The first kappa shape index (κ1) is 26.6. The van der Waals surface area contributed by atoms with E-state index in [1.54, 1.807) is 11.0 Å². The van der Waals surface area contributed by atoms with Crippen LogP contribution in [0.2, 0.25) is 0 Å². The van der Waals surface area contributed by atoms with Gasteiger partial charge < -0.3 is 10.2 Å². The summed E-state index contributed by atoms with van der Waals surface area (Å²) < 4.78 is 29.2. The second-order valence-electron chi connectivity index (χ2n) is 9.93. The zero-order valence-corrected chi connectivity index (χ0v) is 23.2. The van der Waals surface area contributed by atoms with Gasteiger partial charge in [-0.1, -0.05) is 13.3 Å². The number of amides is 2. The Bertz CT molecular complexity index is 1060. The minimum absolute atomic E-state index is 0.0110. The molecule has 10 heteroatoms. The van der Waals surface area contributed by atoms with Crippen LogP contribution in [0, 0.1) is 5.92 Å². The third-order valence-corrected chi connectivity index (χ3v) is 10.5. The van der Waals surface area contributed by atoms with E-state index in [2.05, 4.69) is 33.1 Å². The van der Waals surface area contributed by atoms with Gasteiger partial charge >= 0.3 is 0 Å². The van der Waals surface area contributed by atoms with Crippen molar-refractivity contribution < 1.29 is 18.0 Å². The number of nitrogens with one attached hydrogen (secondary N) is 1. The highest BCUT2D eigenvalue weighted by molar-refractivity contribution is 9.10. The van der Waals surface area contributed by atoms with Gasteiger partial charge in [-0.15, -0.1) is 0 Å². The van der Waals surface area contributed by atoms with Gasteiger partial charge in [0.05, 0.1) is 10.8 Å². The van der Waals surface area contributed by atoms with Gasteiger partial charge in [0.2, 0.25) is 21.8 Å². The molecule has 2 amide bonds. The molecule has 0 spiro atoms. The summed E-state index contributed by atoms with van der Waals surface area (Å²) in [4.78, 5) is 29.5. The first-order valence-corrected chi connectivity index (χ1v) is 15.1. The van der Waals surface area contributed by atoms with Crippen LogP contribution in [0.4, 0.5) is 5.69 Å². The number of carbonyl (C=O) groups excluding carboxylic acids is 2. The number of sulfonamides is 1. The molecule has 0 saturated carbocycles. The molecule has 1 aromatic rings. The lowest BCUT2D eigenvalue weighted by Crippen LogP contribution is -2.47. The number of hydrogen-bond donors (Lipinski definition) is 1. The van der Waals surface area contributed by atoms with Crippen molar-refractivity contribution in [2.24, 2.45) is 5.92 Å². The van der Waals surface area contributed by atoms with E-state index < -0.39 is 10.0 Å². The van der Waals surface area contributed by atoms with Crippen LogP contribution in [0.15, 0.2) is 21.5 Å². The largest absolute Gasteiger partial charge is 0.355 e. The minimum Gasteiger partial charge on any atom is -0.355 e. The molecule has 3 aliphatic rings. The topological polar surface area (TPSA) is 90.0 Å². The molecule has 1 aromatic carbocycles. The number of hydrogen-bond acceptors (Lipinski definition) is 5. The molecule has 2 fully saturated rings. The van der Waals surface area contributed by atoms with Gasteiger partial charge in [0.25, 0.3) is 0 Å². The Hall–Kier alpha value is -1.49. The van der Waals surface area contributed by atoms with Gasteiger partial charge in [-0.2, -0.15) is 4.31 Å². The number of benzene rings is 1. The van der Waals surface area contributed by atoms with E-state index in [0.29, 0.717) is 61.5 Å². The molecule has 2 saturated heterocycles. The molecule has 3 heterocycles. The lowest BCUT2D eigenvalue weighted by molar-refractivity contribution is -0.126. The summed E-state index contributed by atoms with van der Waals surface area (Å²) in [6.45, 7) is 7.67. The normalized spacial score (nSPS) is 23.8. The number of rotatable bonds is 7. The van der Waals surface area contributed by atoms with Gasteiger partial charge in [0.15, 0.2) is 0 Å². The highest BCUT2D eigenvalue weighted by atomic mass is 79.9. The molecular formula is C25H37BrN4O4S. The molecule has 1 N–H and O–H groups in total. The number of anilines is 1. The second-order valence-corrected chi connectivity index (χ2v) is 12.7. The fraction of sp³-hybridized carbons (Fsp3) is 0.680.